The lowest BCUT2D eigenvalue weighted by Crippen LogP contribution is -2.08. The van der Waals surface area contributed by atoms with Crippen molar-refractivity contribution >= 4 is 33.1 Å². The molecule has 0 bridgehead atoms. The Kier molecular flexibility index (Phi) is 3.48. The predicted molar refractivity (Wildman–Crippen MR) is 94.1 cm³/mol. The molecule has 0 aliphatic carbocycles. The Morgan fingerprint density at radius 3 is 2.87 bits per heavy atom. The molecule has 3 heterocycles. The van der Waals surface area contributed by atoms with Crippen molar-refractivity contribution in [1.82, 2.24) is 14.4 Å². The van der Waals surface area contributed by atoms with Gasteiger partial charge < -0.3 is 10.4 Å². The molecule has 0 radical (unpaired) electrons. The molecule has 2 N–H and O–H groups in total. The minimum atomic E-state index is 0.0600. The Bertz CT molecular complexity index is 975. The number of rotatable bonds is 4. The van der Waals surface area contributed by atoms with Gasteiger partial charge in [0, 0.05) is 23.3 Å². The van der Waals surface area contributed by atoms with Crippen molar-refractivity contribution in [3.8, 4) is 10.4 Å². The van der Waals surface area contributed by atoms with Crippen LogP contribution in [0.5, 0.6) is 0 Å². The van der Waals surface area contributed by atoms with E-state index >= 15 is 0 Å². The third-order valence-electron chi connectivity index (χ3n) is 3.74. The zero-order valence-electron chi connectivity index (χ0n) is 12.7. The molecule has 0 spiro atoms. The van der Waals surface area contributed by atoms with Gasteiger partial charge in [-0.3, -0.25) is 4.40 Å². The van der Waals surface area contributed by atoms with Crippen LogP contribution in [0.1, 0.15) is 5.69 Å². The number of nitrogens with one attached hydrogen (secondary N) is 1. The van der Waals surface area contributed by atoms with Gasteiger partial charge in [-0.25, -0.2) is 9.97 Å². The quantitative estimate of drug-likeness (QED) is 0.604. The maximum Gasteiger partial charge on any atom is 0.181 e. The van der Waals surface area contributed by atoms with Crippen LogP contribution in [0, 0.1) is 6.92 Å². The van der Waals surface area contributed by atoms with E-state index in [2.05, 4.69) is 32.9 Å². The number of anilines is 1. The average Bonchev–Trinajstić information content (AvgIpc) is 3.17. The standard InChI is InChI=1S/C17H16N4OS/c1-11-10-19-16-15(18-7-8-22)20-13-9-14(23-17(13)21(11)16)12-5-3-2-4-6-12/h2-6,9-10,22H,7-8H2,1H3,(H,18,20). The van der Waals surface area contributed by atoms with Gasteiger partial charge in [0.2, 0.25) is 0 Å². The number of aromatic nitrogens is 3. The summed E-state index contributed by atoms with van der Waals surface area (Å²) in [5.74, 6) is 0.706. The third-order valence-corrected chi connectivity index (χ3v) is 4.90. The topological polar surface area (TPSA) is 62.5 Å². The molecular formula is C17H16N4OS. The Morgan fingerprint density at radius 2 is 2.09 bits per heavy atom. The molecule has 0 atom stereocenters. The van der Waals surface area contributed by atoms with Crippen LogP contribution in [0.25, 0.3) is 26.4 Å². The summed E-state index contributed by atoms with van der Waals surface area (Å²) in [5.41, 5.74) is 3.99. The number of hydrogen-bond acceptors (Lipinski definition) is 5. The molecule has 0 saturated heterocycles. The van der Waals surface area contributed by atoms with Gasteiger partial charge in [0.05, 0.1) is 6.61 Å². The highest BCUT2D eigenvalue weighted by Crippen LogP contribution is 2.34. The van der Waals surface area contributed by atoms with Crippen LogP contribution in [-0.2, 0) is 0 Å². The molecule has 0 saturated carbocycles. The summed E-state index contributed by atoms with van der Waals surface area (Å²) in [6.45, 7) is 2.55. The number of aryl methyl sites for hydroxylation is 1. The van der Waals surface area contributed by atoms with Crippen molar-refractivity contribution < 1.29 is 5.11 Å². The lowest BCUT2D eigenvalue weighted by atomic mass is 10.2. The highest BCUT2D eigenvalue weighted by Gasteiger charge is 2.15. The maximum atomic E-state index is 9.06. The molecule has 0 aliphatic heterocycles. The van der Waals surface area contributed by atoms with Crippen molar-refractivity contribution in [3.63, 3.8) is 0 Å². The molecule has 0 unspecified atom stereocenters. The lowest BCUT2D eigenvalue weighted by molar-refractivity contribution is 0.311. The molecule has 3 aromatic heterocycles. The van der Waals surface area contributed by atoms with Crippen molar-refractivity contribution in [2.45, 2.75) is 6.92 Å². The van der Waals surface area contributed by atoms with E-state index in [0.29, 0.717) is 12.4 Å². The number of imidazole rings is 1. The third kappa shape index (κ3) is 2.36. The van der Waals surface area contributed by atoms with E-state index < -0.39 is 0 Å². The van der Waals surface area contributed by atoms with Gasteiger partial charge in [-0.05, 0) is 18.6 Å². The molecule has 0 fully saturated rings. The number of hydrogen-bond donors (Lipinski definition) is 2. The predicted octanol–water partition coefficient (Wildman–Crippen LogP) is 3.32. The summed E-state index contributed by atoms with van der Waals surface area (Å²) >= 11 is 1.71. The Labute approximate surface area is 137 Å². The first kappa shape index (κ1) is 14.2. The minimum Gasteiger partial charge on any atom is -0.395 e. The molecule has 1 aromatic carbocycles. The average molecular weight is 324 g/mol. The van der Waals surface area contributed by atoms with E-state index in [-0.39, 0.29) is 6.61 Å². The molecule has 5 nitrogen and oxygen atoms in total. The van der Waals surface area contributed by atoms with Gasteiger partial charge >= 0.3 is 0 Å². The fraction of sp³-hybridized carbons (Fsp3) is 0.176. The van der Waals surface area contributed by atoms with Crippen molar-refractivity contribution in [1.29, 1.82) is 0 Å². The molecular weight excluding hydrogens is 308 g/mol. The summed E-state index contributed by atoms with van der Waals surface area (Å²) in [6, 6.07) is 12.4. The highest BCUT2D eigenvalue weighted by molar-refractivity contribution is 7.21. The molecule has 23 heavy (non-hydrogen) atoms. The van der Waals surface area contributed by atoms with Crippen molar-refractivity contribution in [3.05, 3.63) is 48.3 Å². The fourth-order valence-electron chi connectivity index (χ4n) is 2.68. The number of benzene rings is 1. The van der Waals surface area contributed by atoms with Gasteiger partial charge in [0.1, 0.15) is 10.3 Å². The van der Waals surface area contributed by atoms with Crippen molar-refractivity contribution in [2.24, 2.45) is 0 Å². The molecule has 0 aliphatic rings. The fourth-order valence-corrected chi connectivity index (χ4v) is 3.84. The Balaban J connectivity index is 1.96. The van der Waals surface area contributed by atoms with Crippen LogP contribution >= 0.6 is 11.3 Å². The Morgan fingerprint density at radius 1 is 1.26 bits per heavy atom. The smallest absolute Gasteiger partial charge is 0.181 e. The van der Waals surface area contributed by atoms with Gasteiger partial charge in [-0.1, -0.05) is 30.3 Å². The van der Waals surface area contributed by atoms with Crippen LogP contribution < -0.4 is 5.32 Å². The first-order chi connectivity index (χ1) is 11.3. The summed E-state index contributed by atoms with van der Waals surface area (Å²) in [7, 11) is 0. The van der Waals surface area contributed by atoms with Gasteiger partial charge in [0.15, 0.2) is 11.5 Å². The van der Waals surface area contributed by atoms with E-state index in [4.69, 9.17) is 10.1 Å². The Hall–Kier alpha value is -2.44. The molecule has 4 aromatic rings. The highest BCUT2D eigenvalue weighted by atomic mass is 32.1. The second-order valence-electron chi connectivity index (χ2n) is 5.34. The summed E-state index contributed by atoms with van der Waals surface area (Å²) in [4.78, 5) is 11.4. The van der Waals surface area contributed by atoms with Crippen molar-refractivity contribution in [2.75, 3.05) is 18.5 Å². The summed E-state index contributed by atoms with van der Waals surface area (Å²) in [6.07, 6.45) is 1.85. The first-order valence-corrected chi connectivity index (χ1v) is 8.27. The number of aliphatic hydroxyl groups is 1. The lowest BCUT2D eigenvalue weighted by Gasteiger charge is -2.06. The van der Waals surface area contributed by atoms with Crippen LogP contribution in [0.4, 0.5) is 5.82 Å². The monoisotopic (exact) mass is 324 g/mol. The second kappa shape index (κ2) is 5.64. The zero-order chi connectivity index (χ0) is 15.8. The van der Waals surface area contributed by atoms with E-state index in [9.17, 15) is 0 Å². The van der Waals surface area contributed by atoms with Crippen LogP contribution in [-0.4, -0.2) is 32.6 Å². The van der Waals surface area contributed by atoms with E-state index in [1.54, 1.807) is 11.3 Å². The largest absolute Gasteiger partial charge is 0.395 e. The molecule has 6 heteroatoms. The van der Waals surface area contributed by atoms with Crippen LogP contribution in [0.15, 0.2) is 42.6 Å². The maximum absolute atomic E-state index is 9.06. The minimum absolute atomic E-state index is 0.0600. The molecule has 116 valence electrons. The van der Waals surface area contributed by atoms with E-state index in [1.165, 1.54) is 10.4 Å². The SMILES string of the molecule is Cc1cnc2c(NCCO)nc3cc(-c4ccccc4)sc3n12. The summed E-state index contributed by atoms with van der Waals surface area (Å²) < 4.78 is 2.12. The second-order valence-corrected chi connectivity index (χ2v) is 6.37. The van der Waals surface area contributed by atoms with Gasteiger partial charge in [-0.2, -0.15) is 0 Å². The van der Waals surface area contributed by atoms with Crippen LogP contribution in [0.3, 0.4) is 0 Å². The molecule has 4 rings (SSSR count). The number of thiophene rings is 1. The number of fused-ring (bicyclic) bond motifs is 3. The normalized spacial score (nSPS) is 11.4. The van der Waals surface area contributed by atoms with Crippen LogP contribution in [0.2, 0.25) is 0 Å². The van der Waals surface area contributed by atoms with E-state index in [0.717, 1.165) is 21.7 Å². The zero-order valence-corrected chi connectivity index (χ0v) is 13.5. The summed E-state index contributed by atoms with van der Waals surface area (Å²) in [5, 5.41) is 12.2. The van der Waals surface area contributed by atoms with E-state index in [1.807, 2.05) is 31.3 Å². The number of nitrogens with zero attached hydrogens (tertiary/aromatic N) is 3. The van der Waals surface area contributed by atoms with Gasteiger partial charge in [-0.15, -0.1) is 11.3 Å². The van der Waals surface area contributed by atoms with Gasteiger partial charge in [0.25, 0.3) is 0 Å². The number of aliphatic hydroxyl groups excluding tert-OH is 1. The first-order valence-electron chi connectivity index (χ1n) is 7.45. The molecule has 0 amide bonds.